The highest BCUT2D eigenvalue weighted by Gasteiger charge is 2.08. The monoisotopic (exact) mass is 243 g/mol. The van der Waals surface area contributed by atoms with Crippen molar-refractivity contribution < 1.29 is 0 Å². The van der Waals surface area contributed by atoms with Gasteiger partial charge in [0.2, 0.25) is 0 Å². The number of thioether (sulfide) groups is 1. The van der Waals surface area contributed by atoms with Crippen molar-refractivity contribution in [1.82, 2.24) is 0 Å². The first kappa shape index (κ1) is 10.1. The van der Waals surface area contributed by atoms with Crippen LogP contribution in [0.25, 0.3) is 10.1 Å². The molecular formula is C10H10ClNS2. The average molecular weight is 244 g/mol. The summed E-state index contributed by atoms with van der Waals surface area (Å²) in [4.78, 5) is 1.25. The summed E-state index contributed by atoms with van der Waals surface area (Å²) in [6.45, 7) is 0. The molecule has 0 atom stereocenters. The van der Waals surface area contributed by atoms with Gasteiger partial charge in [0.05, 0.1) is 10.9 Å². The number of thiophene rings is 1. The van der Waals surface area contributed by atoms with Crippen molar-refractivity contribution in [3.8, 4) is 0 Å². The predicted octanol–water partition coefficient (Wildman–Crippen LogP) is 3.94. The van der Waals surface area contributed by atoms with Crippen LogP contribution in [0.2, 0.25) is 0 Å². The lowest BCUT2D eigenvalue weighted by Gasteiger charge is -1.97. The van der Waals surface area contributed by atoms with Gasteiger partial charge in [-0.3, -0.25) is 0 Å². The maximum absolute atomic E-state index is 5.88. The van der Waals surface area contributed by atoms with Crippen LogP contribution in [0.3, 0.4) is 0 Å². The second-order valence-electron chi connectivity index (χ2n) is 2.94. The molecule has 0 amide bonds. The lowest BCUT2D eigenvalue weighted by atomic mass is 10.2. The molecule has 1 aromatic carbocycles. The van der Waals surface area contributed by atoms with Crippen LogP contribution >= 0.6 is 34.7 Å². The molecule has 0 radical (unpaired) electrons. The number of nitrogen functional groups attached to an aromatic ring is 1. The van der Waals surface area contributed by atoms with Gasteiger partial charge in [-0.05, 0) is 24.5 Å². The van der Waals surface area contributed by atoms with Crippen LogP contribution in [-0.2, 0) is 5.88 Å². The molecule has 0 saturated heterocycles. The smallest absolute Gasteiger partial charge is 0.0913 e. The number of rotatable bonds is 2. The third kappa shape index (κ3) is 1.60. The zero-order valence-corrected chi connectivity index (χ0v) is 10.1. The van der Waals surface area contributed by atoms with E-state index >= 15 is 0 Å². The van der Waals surface area contributed by atoms with Gasteiger partial charge < -0.3 is 5.73 Å². The van der Waals surface area contributed by atoms with Gasteiger partial charge >= 0.3 is 0 Å². The molecule has 2 rings (SSSR count). The van der Waals surface area contributed by atoms with E-state index in [1.165, 1.54) is 15.0 Å². The lowest BCUT2D eigenvalue weighted by Crippen LogP contribution is -1.84. The molecule has 1 nitrogen and oxygen atoms in total. The minimum atomic E-state index is 0.490. The predicted molar refractivity (Wildman–Crippen MR) is 67.6 cm³/mol. The van der Waals surface area contributed by atoms with E-state index in [2.05, 4.69) is 24.5 Å². The van der Waals surface area contributed by atoms with Crippen LogP contribution in [0.1, 0.15) is 5.56 Å². The van der Waals surface area contributed by atoms with Crippen molar-refractivity contribution in [3.05, 3.63) is 23.8 Å². The van der Waals surface area contributed by atoms with Gasteiger partial charge in [0, 0.05) is 20.5 Å². The van der Waals surface area contributed by atoms with Gasteiger partial charge in [-0.25, -0.2) is 0 Å². The molecule has 0 bridgehead atoms. The van der Waals surface area contributed by atoms with E-state index in [4.69, 9.17) is 17.3 Å². The Morgan fingerprint density at radius 2 is 2.29 bits per heavy atom. The quantitative estimate of drug-likeness (QED) is 0.639. The summed E-state index contributed by atoms with van der Waals surface area (Å²) in [5.41, 5.74) is 6.95. The number of anilines is 1. The Labute approximate surface area is 96.2 Å². The highest BCUT2D eigenvalue weighted by molar-refractivity contribution is 7.98. The Morgan fingerprint density at radius 3 is 2.93 bits per heavy atom. The van der Waals surface area contributed by atoms with Crippen molar-refractivity contribution in [3.63, 3.8) is 0 Å². The number of nitrogens with two attached hydrogens (primary N) is 1. The van der Waals surface area contributed by atoms with E-state index in [0.29, 0.717) is 5.88 Å². The molecule has 2 aromatic rings. The van der Waals surface area contributed by atoms with E-state index in [0.717, 1.165) is 10.6 Å². The van der Waals surface area contributed by atoms with Crippen LogP contribution in [0.4, 0.5) is 5.00 Å². The molecule has 4 heteroatoms. The fourth-order valence-electron chi connectivity index (χ4n) is 1.41. The van der Waals surface area contributed by atoms with E-state index in [-0.39, 0.29) is 0 Å². The topological polar surface area (TPSA) is 26.0 Å². The number of hydrogen-bond donors (Lipinski definition) is 1. The van der Waals surface area contributed by atoms with Gasteiger partial charge in [0.1, 0.15) is 0 Å². The summed E-state index contributed by atoms with van der Waals surface area (Å²) in [5, 5.41) is 2.04. The van der Waals surface area contributed by atoms with Crippen LogP contribution < -0.4 is 5.73 Å². The Bertz CT molecular complexity index is 464. The lowest BCUT2D eigenvalue weighted by molar-refractivity contribution is 1.46. The molecule has 0 unspecified atom stereocenters. The summed E-state index contributed by atoms with van der Waals surface area (Å²) in [7, 11) is 0. The van der Waals surface area contributed by atoms with Crippen LogP contribution in [0.5, 0.6) is 0 Å². The first-order valence-corrected chi connectivity index (χ1v) is 6.74. The Balaban J connectivity index is 2.71. The Hall–Kier alpha value is -0.380. The Morgan fingerprint density at radius 1 is 1.50 bits per heavy atom. The third-order valence-corrected chi connectivity index (χ3v) is 4.20. The summed E-state index contributed by atoms with van der Waals surface area (Å²) in [5.74, 6) is 0.490. The van der Waals surface area contributed by atoms with E-state index in [9.17, 15) is 0 Å². The standard InChI is InChI=1S/C10H10ClNS2/c1-13-6-2-3-9-7(4-6)8(5-11)10(12)14-9/h2-4H,5,12H2,1H3. The molecule has 2 N–H and O–H groups in total. The molecule has 14 heavy (non-hydrogen) atoms. The molecule has 0 spiro atoms. The normalized spacial score (nSPS) is 11.0. The second kappa shape index (κ2) is 4.01. The maximum atomic E-state index is 5.88. The zero-order valence-electron chi connectivity index (χ0n) is 7.71. The van der Waals surface area contributed by atoms with Gasteiger partial charge in [-0.2, -0.15) is 0 Å². The number of fused-ring (bicyclic) bond motifs is 1. The summed E-state index contributed by atoms with van der Waals surface area (Å²) >= 11 is 9.21. The van der Waals surface area contributed by atoms with Crippen LogP contribution in [0.15, 0.2) is 23.1 Å². The van der Waals surface area contributed by atoms with E-state index in [1.54, 1.807) is 23.1 Å². The number of benzene rings is 1. The molecule has 0 aliphatic heterocycles. The second-order valence-corrected chi connectivity index (χ2v) is 5.17. The van der Waals surface area contributed by atoms with Crippen molar-refractivity contribution in [2.75, 3.05) is 12.0 Å². The molecule has 0 fully saturated rings. The number of alkyl halides is 1. The van der Waals surface area contributed by atoms with Crippen molar-refractivity contribution in [1.29, 1.82) is 0 Å². The van der Waals surface area contributed by atoms with Crippen LogP contribution in [-0.4, -0.2) is 6.26 Å². The summed E-state index contributed by atoms with van der Waals surface area (Å²) in [6.07, 6.45) is 2.07. The minimum Gasteiger partial charge on any atom is -0.390 e. The van der Waals surface area contributed by atoms with Gasteiger partial charge in [0.15, 0.2) is 0 Å². The highest BCUT2D eigenvalue weighted by Crippen LogP contribution is 2.36. The third-order valence-electron chi connectivity index (χ3n) is 2.16. The first-order valence-electron chi connectivity index (χ1n) is 4.17. The Kier molecular flexibility index (Phi) is 2.91. The summed E-state index contributed by atoms with van der Waals surface area (Å²) in [6, 6.07) is 6.38. The molecule has 0 aliphatic rings. The zero-order chi connectivity index (χ0) is 10.1. The number of hydrogen-bond acceptors (Lipinski definition) is 3. The fourth-order valence-corrected chi connectivity index (χ4v) is 3.19. The van der Waals surface area contributed by atoms with Gasteiger partial charge in [0.25, 0.3) is 0 Å². The minimum absolute atomic E-state index is 0.490. The molecule has 1 aromatic heterocycles. The van der Waals surface area contributed by atoms with Gasteiger partial charge in [-0.15, -0.1) is 34.7 Å². The highest BCUT2D eigenvalue weighted by atomic mass is 35.5. The molecule has 1 heterocycles. The molecular weight excluding hydrogens is 234 g/mol. The molecule has 74 valence electrons. The number of halogens is 1. The average Bonchev–Trinajstić information content (AvgIpc) is 2.52. The van der Waals surface area contributed by atoms with Crippen LogP contribution in [0, 0.1) is 0 Å². The van der Waals surface area contributed by atoms with Gasteiger partial charge in [-0.1, -0.05) is 0 Å². The fraction of sp³-hybridized carbons (Fsp3) is 0.200. The van der Waals surface area contributed by atoms with E-state index in [1.807, 2.05) is 0 Å². The van der Waals surface area contributed by atoms with E-state index < -0.39 is 0 Å². The molecule has 0 saturated carbocycles. The van der Waals surface area contributed by atoms with Crippen molar-refractivity contribution >= 4 is 49.8 Å². The molecule has 0 aliphatic carbocycles. The first-order chi connectivity index (χ1) is 6.76. The SMILES string of the molecule is CSc1ccc2sc(N)c(CCl)c2c1. The maximum Gasteiger partial charge on any atom is 0.0913 e. The van der Waals surface area contributed by atoms with Crippen molar-refractivity contribution in [2.45, 2.75) is 10.8 Å². The largest absolute Gasteiger partial charge is 0.390 e. The summed E-state index contributed by atoms with van der Waals surface area (Å²) < 4.78 is 1.22. The van der Waals surface area contributed by atoms with Crippen molar-refractivity contribution in [2.24, 2.45) is 0 Å².